The lowest BCUT2D eigenvalue weighted by Crippen LogP contribution is -2.20. The molecule has 4 heteroatoms. The average molecular weight is 193 g/mol. The molecule has 0 saturated carbocycles. The first-order valence-corrected chi connectivity index (χ1v) is 4.59. The van der Waals surface area contributed by atoms with E-state index >= 15 is 0 Å². The number of hydrogen-bond acceptors (Lipinski definition) is 3. The largest absolute Gasteiger partial charge is 0.368 e. The van der Waals surface area contributed by atoms with Gasteiger partial charge in [-0.05, 0) is 26.0 Å². The van der Waals surface area contributed by atoms with Gasteiger partial charge in [0.05, 0.1) is 0 Å². The second-order valence-corrected chi connectivity index (χ2v) is 3.29. The number of amides is 1. The molecule has 0 aliphatic rings. The molecule has 2 N–H and O–H groups in total. The Labute approximate surface area is 83.7 Å². The van der Waals surface area contributed by atoms with Gasteiger partial charge >= 0.3 is 0 Å². The maximum Gasteiger partial charge on any atom is 0.269 e. The van der Waals surface area contributed by atoms with Crippen molar-refractivity contribution in [3.05, 3.63) is 23.9 Å². The summed E-state index contributed by atoms with van der Waals surface area (Å²) in [7, 11) is 1.59. The van der Waals surface area contributed by atoms with Crippen LogP contribution in [0.25, 0.3) is 0 Å². The Kier molecular flexibility index (Phi) is 3.45. The molecule has 0 radical (unpaired) electrons. The number of anilines is 1. The Bertz CT molecular complexity index is 323. The lowest BCUT2D eigenvalue weighted by atomic mass is 10.3. The number of rotatable bonds is 3. The highest BCUT2D eigenvalue weighted by Crippen LogP contribution is 2.05. The summed E-state index contributed by atoms with van der Waals surface area (Å²) in [4.78, 5) is 15.4. The number of pyridine rings is 1. The van der Waals surface area contributed by atoms with Gasteiger partial charge in [0.1, 0.15) is 11.5 Å². The van der Waals surface area contributed by atoms with Crippen LogP contribution < -0.4 is 10.6 Å². The summed E-state index contributed by atoms with van der Waals surface area (Å²) >= 11 is 0. The van der Waals surface area contributed by atoms with Gasteiger partial charge in [-0.15, -0.1) is 0 Å². The van der Waals surface area contributed by atoms with Crippen LogP contribution in [-0.4, -0.2) is 24.0 Å². The lowest BCUT2D eigenvalue weighted by molar-refractivity contribution is 0.0958. The normalized spacial score (nSPS) is 10.0. The molecule has 0 bridgehead atoms. The molecule has 0 spiro atoms. The molecule has 1 amide bonds. The van der Waals surface area contributed by atoms with Crippen LogP contribution in [0.4, 0.5) is 5.82 Å². The Balaban J connectivity index is 2.84. The van der Waals surface area contributed by atoms with E-state index in [-0.39, 0.29) is 5.91 Å². The molecule has 0 aromatic carbocycles. The van der Waals surface area contributed by atoms with E-state index in [1.54, 1.807) is 13.1 Å². The fraction of sp³-hybridized carbons (Fsp3) is 0.400. The predicted molar refractivity (Wildman–Crippen MR) is 56.4 cm³/mol. The summed E-state index contributed by atoms with van der Waals surface area (Å²) < 4.78 is 0. The lowest BCUT2D eigenvalue weighted by Gasteiger charge is -2.09. The van der Waals surface area contributed by atoms with Crippen molar-refractivity contribution in [2.75, 3.05) is 12.4 Å². The van der Waals surface area contributed by atoms with Crippen molar-refractivity contribution < 1.29 is 4.79 Å². The summed E-state index contributed by atoms with van der Waals surface area (Å²) in [6.07, 6.45) is 0. The molecular formula is C10H15N3O. The zero-order valence-electron chi connectivity index (χ0n) is 8.66. The minimum absolute atomic E-state index is 0.169. The summed E-state index contributed by atoms with van der Waals surface area (Å²) in [5, 5.41) is 5.67. The van der Waals surface area contributed by atoms with E-state index in [4.69, 9.17) is 0 Å². The first-order chi connectivity index (χ1) is 6.63. The number of carbonyl (C=O) groups excluding carboxylic acids is 1. The van der Waals surface area contributed by atoms with Crippen LogP contribution in [0.5, 0.6) is 0 Å². The van der Waals surface area contributed by atoms with E-state index in [1.165, 1.54) is 0 Å². The van der Waals surface area contributed by atoms with Crippen LogP contribution >= 0.6 is 0 Å². The van der Waals surface area contributed by atoms with Crippen LogP contribution in [-0.2, 0) is 0 Å². The topological polar surface area (TPSA) is 54.0 Å². The van der Waals surface area contributed by atoms with Crippen molar-refractivity contribution in [2.45, 2.75) is 19.9 Å². The molecule has 1 heterocycles. The monoisotopic (exact) mass is 193 g/mol. The van der Waals surface area contributed by atoms with Gasteiger partial charge in [-0.3, -0.25) is 4.79 Å². The van der Waals surface area contributed by atoms with Crippen molar-refractivity contribution >= 4 is 11.7 Å². The fourth-order valence-electron chi connectivity index (χ4n) is 1.07. The molecule has 1 rings (SSSR count). The number of nitrogens with one attached hydrogen (secondary N) is 2. The third-order valence-corrected chi connectivity index (χ3v) is 1.65. The SMILES string of the molecule is CNC(=O)c1cccc(NC(C)C)n1. The average Bonchev–Trinajstić information content (AvgIpc) is 2.16. The maximum absolute atomic E-state index is 11.3. The highest BCUT2D eigenvalue weighted by Gasteiger charge is 2.05. The fourth-order valence-corrected chi connectivity index (χ4v) is 1.07. The van der Waals surface area contributed by atoms with E-state index in [0.717, 1.165) is 5.82 Å². The number of carbonyl (C=O) groups is 1. The van der Waals surface area contributed by atoms with Gasteiger partial charge in [0.2, 0.25) is 0 Å². The Morgan fingerprint density at radius 2 is 2.14 bits per heavy atom. The van der Waals surface area contributed by atoms with Crippen LogP contribution in [0.15, 0.2) is 18.2 Å². The molecule has 0 aliphatic carbocycles. The van der Waals surface area contributed by atoms with E-state index in [9.17, 15) is 4.79 Å². The van der Waals surface area contributed by atoms with Crippen molar-refractivity contribution in [3.8, 4) is 0 Å². The third-order valence-electron chi connectivity index (χ3n) is 1.65. The van der Waals surface area contributed by atoms with Crippen LogP contribution in [0.3, 0.4) is 0 Å². The summed E-state index contributed by atoms with van der Waals surface area (Å²) in [6.45, 7) is 4.04. The summed E-state index contributed by atoms with van der Waals surface area (Å²) in [5.41, 5.74) is 0.429. The van der Waals surface area contributed by atoms with Gasteiger partial charge in [-0.25, -0.2) is 4.98 Å². The smallest absolute Gasteiger partial charge is 0.269 e. The standard InChI is InChI=1S/C10H15N3O/c1-7(2)12-9-6-4-5-8(13-9)10(14)11-3/h4-7H,1-3H3,(H,11,14)(H,12,13). The minimum Gasteiger partial charge on any atom is -0.368 e. The zero-order chi connectivity index (χ0) is 10.6. The van der Waals surface area contributed by atoms with Crippen LogP contribution in [0, 0.1) is 0 Å². The molecule has 1 aromatic rings. The molecular weight excluding hydrogens is 178 g/mol. The van der Waals surface area contributed by atoms with Crippen LogP contribution in [0.2, 0.25) is 0 Å². The van der Waals surface area contributed by atoms with Gasteiger partial charge in [-0.2, -0.15) is 0 Å². The Morgan fingerprint density at radius 3 is 2.71 bits per heavy atom. The Hall–Kier alpha value is -1.58. The third kappa shape index (κ3) is 2.73. The van der Waals surface area contributed by atoms with Gasteiger partial charge in [0, 0.05) is 13.1 Å². The van der Waals surface area contributed by atoms with Gasteiger partial charge < -0.3 is 10.6 Å². The molecule has 0 fully saturated rings. The highest BCUT2D eigenvalue weighted by atomic mass is 16.1. The molecule has 1 aromatic heterocycles. The molecule has 4 nitrogen and oxygen atoms in total. The number of hydrogen-bond donors (Lipinski definition) is 2. The molecule has 0 aliphatic heterocycles. The molecule has 0 unspecified atom stereocenters. The minimum atomic E-state index is -0.169. The van der Waals surface area contributed by atoms with E-state index in [2.05, 4.69) is 15.6 Å². The van der Waals surface area contributed by atoms with Gasteiger partial charge in [0.25, 0.3) is 5.91 Å². The first kappa shape index (κ1) is 10.5. The van der Waals surface area contributed by atoms with Crippen molar-refractivity contribution in [1.29, 1.82) is 0 Å². The Morgan fingerprint density at radius 1 is 1.43 bits per heavy atom. The molecule has 0 saturated heterocycles. The second kappa shape index (κ2) is 4.60. The maximum atomic E-state index is 11.3. The second-order valence-electron chi connectivity index (χ2n) is 3.29. The van der Waals surface area contributed by atoms with Crippen molar-refractivity contribution in [3.63, 3.8) is 0 Å². The molecule has 76 valence electrons. The summed E-state index contributed by atoms with van der Waals surface area (Å²) in [5.74, 6) is 0.554. The van der Waals surface area contributed by atoms with Crippen LogP contribution in [0.1, 0.15) is 24.3 Å². The van der Waals surface area contributed by atoms with E-state index < -0.39 is 0 Å². The van der Waals surface area contributed by atoms with Crippen molar-refractivity contribution in [1.82, 2.24) is 10.3 Å². The highest BCUT2D eigenvalue weighted by molar-refractivity contribution is 5.92. The first-order valence-electron chi connectivity index (χ1n) is 4.59. The quantitative estimate of drug-likeness (QED) is 0.760. The number of nitrogens with zero attached hydrogens (tertiary/aromatic N) is 1. The molecule has 0 atom stereocenters. The van der Waals surface area contributed by atoms with Crippen molar-refractivity contribution in [2.24, 2.45) is 0 Å². The molecule has 14 heavy (non-hydrogen) atoms. The zero-order valence-corrected chi connectivity index (χ0v) is 8.66. The van der Waals surface area contributed by atoms with E-state index in [0.29, 0.717) is 11.7 Å². The van der Waals surface area contributed by atoms with E-state index in [1.807, 2.05) is 26.0 Å². The predicted octanol–water partition coefficient (Wildman–Crippen LogP) is 1.26. The van der Waals surface area contributed by atoms with Gasteiger partial charge in [-0.1, -0.05) is 6.07 Å². The summed E-state index contributed by atoms with van der Waals surface area (Å²) in [6, 6.07) is 5.64. The number of aromatic nitrogens is 1. The van der Waals surface area contributed by atoms with Gasteiger partial charge in [0.15, 0.2) is 0 Å².